The van der Waals surface area contributed by atoms with Gasteiger partial charge in [0.15, 0.2) is 9.84 Å². The normalized spacial score (nSPS) is 14.2. The molecule has 0 aliphatic carbocycles. The highest BCUT2D eigenvalue weighted by Crippen LogP contribution is 2.31. The number of sulfone groups is 1. The van der Waals surface area contributed by atoms with Crippen LogP contribution in [0.2, 0.25) is 0 Å². The number of hydrogen-bond acceptors (Lipinski definition) is 4. The van der Waals surface area contributed by atoms with Crippen molar-refractivity contribution in [1.29, 1.82) is 0 Å². The van der Waals surface area contributed by atoms with Gasteiger partial charge in [0.1, 0.15) is 0 Å². The lowest BCUT2D eigenvalue weighted by Gasteiger charge is -2.30. The molecule has 0 atom stereocenters. The van der Waals surface area contributed by atoms with Gasteiger partial charge in [-0.3, -0.25) is 4.79 Å². The molecule has 0 radical (unpaired) electrons. The number of halogens is 1. The van der Waals surface area contributed by atoms with Gasteiger partial charge in [0.25, 0.3) is 0 Å². The van der Waals surface area contributed by atoms with Crippen molar-refractivity contribution in [2.24, 2.45) is 0 Å². The molecule has 1 heterocycles. The maximum Gasteiger partial charge on any atom is 0.227 e. The molecule has 0 spiro atoms. The number of fused-ring (bicyclic) bond motifs is 1. The standard InChI is InChI=1S/C19H20BrNO3S2/c1-26(23,24)15-8-9-17-14(13-15)5-4-11-21(17)19(22)10-12-25-18-7-3-2-6-16(18)20/h2-3,6-9,13H,4-5,10-12H2,1H3. The van der Waals surface area contributed by atoms with Crippen LogP contribution < -0.4 is 4.90 Å². The van der Waals surface area contributed by atoms with Crippen LogP contribution in [-0.2, 0) is 21.1 Å². The van der Waals surface area contributed by atoms with Crippen molar-refractivity contribution in [3.8, 4) is 0 Å². The maximum atomic E-state index is 12.7. The largest absolute Gasteiger partial charge is 0.312 e. The predicted molar refractivity (Wildman–Crippen MR) is 110 cm³/mol. The van der Waals surface area contributed by atoms with E-state index in [9.17, 15) is 13.2 Å². The second kappa shape index (κ2) is 8.15. The third kappa shape index (κ3) is 4.50. The fraction of sp³-hybridized carbons (Fsp3) is 0.316. The Labute approximate surface area is 167 Å². The van der Waals surface area contributed by atoms with Gasteiger partial charge >= 0.3 is 0 Å². The SMILES string of the molecule is CS(=O)(=O)c1ccc2c(c1)CCCN2C(=O)CCSc1ccccc1Br. The Kier molecular flexibility index (Phi) is 6.10. The first-order chi connectivity index (χ1) is 12.4. The summed E-state index contributed by atoms with van der Waals surface area (Å²) < 4.78 is 24.5. The summed E-state index contributed by atoms with van der Waals surface area (Å²) in [5.41, 5.74) is 1.78. The summed E-state index contributed by atoms with van der Waals surface area (Å²) in [6, 6.07) is 13.0. The topological polar surface area (TPSA) is 54.5 Å². The van der Waals surface area contributed by atoms with E-state index in [-0.39, 0.29) is 5.91 Å². The number of anilines is 1. The number of thioether (sulfide) groups is 1. The van der Waals surface area contributed by atoms with Crippen molar-refractivity contribution >= 4 is 49.1 Å². The molecule has 7 heteroatoms. The minimum Gasteiger partial charge on any atom is -0.312 e. The van der Waals surface area contributed by atoms with Gasteiger partial charge in [0.2, 0.25) is 5.91 Å². The lowest BCUT2D eigenvalue weighted by Crippen LogP contribution is -2.35. The van der Waals surface area contributed by atoms with E-state index in [1.807, 2.05) is 24.3 Å². The highest BCUT2D eigenvalue weighted by Gasteiger charge is 2.23. The van der Waals surface area contributed by atoms with E-state index in [0.29, 0.717) is 23.6 Å². The molecule has 0 unspecified atom stereocenters. The van der Waals surface area contributed by atoms with E-state index >= 15 is 0 Å². The van der Waals surface area contributed by atoms with E-state index in [1.54, 1.807) is 34.9 Å². The highest BCUT2D eigenvalue weighted by molar-refractivity contribution is 9.10. The molecule has 0 aromatic heterocycles. The van der Waals surface area contributed by atoms with Crippen molar-refractivity contribution in [2.75, 3.05) is 23.5 Å². The van der Waals surface area contributed by atoms with Gasteiger partial charge in [-0.1, -0.05) is 12.1 Å². The van der Waals surface area contributed by atoms with Crippen LogP contribution in [0.4, 0.5) is 5.69 Å². The fourth-order valence-corrected chi connectivity index (χ4v) is 5.19. The molecule has 2 aromatic rings. The monoisotopic (exact) mass is 453 g/mol. The van der Waals surface area contributed by atoms with Crippen molar-refractivity contribution in [3.05, 3.63) is 52.5 Å². The molecule has 1 aliphatic heterocycles. The van der Waals surface area contributed by atoms with E-state index in [2.05, 4.69) is 15.9 Å². The number of rotatable bonds is 5. The minimum atomic E-state index is -3.23. The number of aryl methyl sites for hydroxylation is 1. The second-order valence-corrected chi connectivity index (χ2v) is 10.2. The number of benzene rings is 2. The van der Waals surface area contributed by atoms with Gasteiger partial charge in [-0.05, 0) is 64.7 Å². The Morgan fingerprint density at radius 1 is 1.23 bits per heavy atom. The van der Waals surface area contributed by atoms with Gasteiger partial charge in [-0.15, -0.1) is 11.8 Å². The summed E-state index contributed by atoms with van der Waals surface area (Å²) in [7, 11) is -3.23. The fourth-order valence-electron chi connectivity index (χ4n) is 3.01. The van der Waals surface area contributed by atoms with Crippen molar-refractivity contribution in [1.82, 2.24) is 0 Å². The minimum absolute atomic E-state index is 0.0811. The van der Waals surface area contributed by atoms with Gasteiger partial charge in [-0.25, -0.2) is 8.42 Å². The third-order valence-corrected chi connectivity index (χ3v) is 7.45. The molecule has 0 saturated heterocycles. The van der Waals surface area contributed by atoms with Crippen molar-refractivity contribution < 1.29 is 13.2 Å². The maximum absolute atomic E-state index is 12.7. The first kappa shape index (κ1) is 19.5. The van der Waals surface area contributed by atoms with Gasteiger partial charge in [-0.2, -0.15) is 0 Å². The molecular formula is C19H20BrNO3S2. The molecule has 2 aromatic carbocycles. The molecule has 1 aliphatic rings. The molecule has 0 fully saturated rings. The molecule has 138 valence electrons. The average molecular weight is 454 g/mol. The van der Waals surface area contributed by atoms with Crippen LogP contribution in [0.5, 0.6) is 0 Å². The predicted octanol–water partition coefficient (Wildman–Crippen LogP) is 4.31. The van der Waals surface area contributed by atoms with Crippen LogP contribution in [0, 0.1) is 0 Å². The molecule has 0 N–H and O–H groups in total. The lowest BCUT2D eigenvalue weighted by molar-refractivity contribution is -0.118. The smallest absolute Gasteiger partial charge is 0.227 e. The lowest BCUT2D eigenvalue weighted by atomic mass is 10.0. The van der Waals surface area contributed by atoms with E-state index in [4.69, 9.17) is 0 Å². The number of carbonyl (C=O) groups is 1. The summed E-state index contributed by atoms with van der Waals surface area (Å²) in [4.78, 5) is 15.9. The van der Waals surface area contributed by atoms with Crippen LogP contribution in [0.3, 0.4) is 0 Å². The molecule has 1 amide bonds. The van der Waals surface area contributed by atoms with Crippen molar-refractivity contribution in [2.45, 2.75) is 29.1 Å². The quantitative estimate of drug-likeness (QED) is 0.632. The zero-order valence-corrected chi connectivity index (χ0v) is 17.7. The second-order valence-electron chi connectivity index (χ2n) is 6.24. The van der Waals surface area contributed by atoms with Gasteiger partial charge in [0.05, 0.1) is 4.90 Å². The summed E-state index contributed by atoms with van der Waals surface area (Å²) in [5, 5.41) is 0. The van der Waals surface area contributed by atoms with E-state index in [0.717, 1.165) is 33.5 Å². The summed E-state index contributed by atoms with van der Waals surface area (Å²) in [5.74, 6) is 0.784. The molecule has 0 bridgehead atoms. The summed E-state index contributed by atoms with van der Waals surface area (Å²) >= 11 is 5.17. The summed E-state index contributed by atoms with van der Waals surface area (Å²) in [6.07, 6.45) is 3.30. The Balaban J connectivity index is 1.69. The first-order valence-corrected chi connectivity index (χ1v) is 12.0. The van der Waals surface area contributed by atoms with Crippen LogP contribution in [0.1, 0.15) is 18.4 Å². The average Bonchev–Trinajstić information content (AvgIpc) is 2.61. The highest BCUT2D eigenvalue weighted by atomic mass is 79.9. The van der Waals surface area contributed by atoms with Crippen LogP contribution in [0.15, 0.2) is 56.7 Å². The zero-order valence-electron chi connectivity index (χ0n) is 14.4. The van der Waals surface area contributed by atoms with Gasteiger partial charge < -0.3 is 4.90 Å². The Morgan fingerprint density at radius 3 is 2.73 bits per heavy atom. The molecule has 4 nitrogen and oxygen atoms in total. The number of hydrogen-bond donors (Lipinski definition) is 0. The summed E-state index contributed by atoms with van der Waals surface area (Å²) in [6.45, 7) is 0.684. The van der Waals surface area contributed by atoms with Crippen LogP contribution in [0.25, 0.3) is 0 Å². The molecule has 0 saturated carbocycles. The van der Waals surface area contributed by atoms with E-state index < -0.39 is 9.84 Å². The third-order valence-electron chi connectivity index (χ3n) is 4.31. The van der Waals surface area contributed by atoms with Crippen LogP contribution >= 0.6 is 27.7 Å². The molecular weight excluding hydrogens is 434 g/mol. The van der Waals surface area contributed by atoms with Crippen molar-refractivity contribution in [3.63, 3.8) is 0 Å². The Bertz CT molecular complexity index is 928. The zero-order chi connectivity index (χ0) is 18.7. The van der Waals surface area contributed by atoms with Gasteiger partial charge in [0, 0.05) is 40.0 Å². The number of amides is 1. The Hall–Kier alpha value is -1.31. The molecule has 3 rings (SSSR count). The molecule has 26 heavy (non-hydrogen) atoms. The number of nitrogens with zero attached hydrogens (tertiary/aromatic N) is 1. The number of carbonyl (C=O) groups excluding carboxylic acids is 1. The Morgan fingerprint density at radius 2 is 2.00 bits per heavy atom. The van der Waals surface area contributed by atoms with Crippen LogP contribution in [-0.4, -0.2) is 32.9 Å². The van der Waals surface area contributed by atoms with E-state index in [1.165, 1.54) is 6.26 Å². The first-order valence-electron chi connectivity index (χ1n) is 8.37.